The van der Waals surface area contributed by atoms with Gasteiger partial charge in [0, 0.05) is 39.7 Å². The Labute approximate surface area is 162 Å². The standard InChI is InChI=1S/C19H23IN4O/c1-12-10-16(20)4-5-17(12)23-18(25)15-6-8-24(9-7-15)19-21-13(2)11-14(3)22-19/h4-5,10-11,15H,6-9H2,1-3H3,(H,23,25). The molecule has 1 aliphatic rings. The second kappa shape index (κ2) is 7.68. The lowest BCUT2D eigenvalue weighted by atomic mass is 9.96. The highest BCUT2D eigenvalue weighted by Crippen LogP contribution is 2.24. The molecule has 0 spiro atoms. The van der Waals surface area contributed by atoms with Gasteiger partial charge in [0.2, 0.25) is 11.9 Å². The lowest BCUT2D eigenvalue weighted by Crippen LogP contribution is -2.39. The van der Waals surface area contributed by atoms with Crippen molar-refractivity contribution >= 4 is 40.1 Å². The van der Waals surface area contributed by atoms with Crippen LogP contribution in [0.25, 0.3) is 0 Å². The quantitative estimate of drug-likeness (QED) is 0.722. The Morgan fingerprint density at radius 3 is 2.36 bits per heavy atom. The Morgan fingerprint density at radius 1 is 1.12 bits per heavy atom. The maximum absolute atomic E-state index is 12.6. The number of rotatable bonds is 3. The first kappa shape index (κ1) is 18.1. The number of halogens is 1. The lowest BCUT2D eigenvalue weighted by molar-refractivity contribution is -0.120. The van der Waals surface area contributed by atoms with E-state index < -0.39 is 0 Å². The molecule has 1 saturated heterocycles. The van der Waals surface area contributed by atoms with Gasteiger partial charge >= 0.3 is 0 Å². The molecule has 2 heterocycles. The number of aryl methyl sites for hydroxylation is 3. The van der Waals surface area contributed by atoms with Crippen LogP contribution in [-0.2, 0) is 4.79 Å². The van der Waals surface area contributed by atoms with Crippen molar-refractivity contribution in [2.45, 2.75) is 33.6 Å². The van der Waals surface area contributed by atoms with E-state index in [0.717, 1.165) is 54.5 Å². The van der Waals surface area contributed by atoms with Gasteiger partial charge in [0.05, 0.1) is 0 Å². The number of nitrogens with one attached hydrogen (secondary N) is 1. The molecular formula is C19H23IN4O. The van der Waals surface area contributed by atoms with E-state index in [4.69, 9.17) is 0 Å². The number of anilines is 2. The van der Waals surface area contributed by atoms with Crippen LogP contribution in [0.4, 0.5) is 11.6 Å². The van der Waals surface area contributed by atoms with Crippen LogP contribution in [0.1, 0.15) is 29.8 Å². The van der Waals surface area contributed by atoms with Crippen molar-refractivity contribution in [1.29, 1.82) is 0 Å². The van der Waals surface area contributed by atoms with Crippen LogP contribution in [0.15, 0.2) is 24.3 Å². The molecule has 1 amide bonds. The summed E-state index contributed by atoms with van der Waals surface area (Å²) in [6, 6.07) is 8.06. The molecule has 0 atom stereocenters. The number of carbonyl (C=O) groups is 1. The van der Waals surface area contributed by atoms with Gasteiger partial charge in [-0.1, -0.05) is 0 Å². The summed E-state index contributed by atoms with van der Waals surface area (Å²) in [5.74, 6) is 0.941. The van der Waals surface area contributed by atoms with E-state index in [-0.39, 0.29) is 11.8 Å². The Kier molecular flexibility index (Phi) is 5.56. The summed E-state index contributed by atoms with van der Waals surface area (Å²) in [5, 5.41) is 3.09. The molecule has 1 N–H and O–H groups in total. The van der Waals surface area contributed by atoms with Gasteiger partial charge in [-0.05, 0) is 86.0 Å². The highest BCUT2D eigenvalue weighted by molar-refractivity contribution is 14.1. The predicted molar refractivity (Wildman–Crippen MR) is 109 cm³/mol. The first-order chi connectivity index (χ1) is 11.9. The first-order valence-electron chi connectivity index (χ1n) is 8.56. The molecule has 0 saturated carbocycles. The number of carbonyl (C=O) groups excluding carboxylic acids is 1. The second-order valence-corrected chi connectivity index (χ2v) is 7.91. The van der Waals surface area contributed by atoms with Crippen molar-refractivity contribution in [2.75, 3.05) is 23.3 Å². The fraction of sp³-hybridized carbons (Fsp3) is 0.421. The van der Waals surface area contributed by atoms with Crippen LogP contribution in [0.3, 0.4) is 0 Å². The molecule has 1 aromatic carbocycles. The number of amides is 1. The normalized spacial score (nSPS) is 15.3. The Balaban J connectivity index is 1.60. The fourth-order valence-corrected chi connectivity index (χ4v) is 3.84. The number of piperidine rings is 1. The van der Waals surface area contributed by atoms with Crippen LogP contribution >= 0.6 is 22.6 Å². The minimum Gasteiger partial charge on any atom is -0.341 e. The largest absolute Gasteiger partial charge is 0.341 e. The maximum atomic E-state index is 12.6. The third-order valence-electron chi connectivity index (χ3n) is 4.57. The van der Waals surface area contributed by atoms with Crippen LogP contribution in [0.2, 0.25) is 0 Å². The van der Waals surface area contributed by atoms with Crippen LogP contribution in [0, 0.1) is 30.3 Å². The Morgan fingerprint density at radius 2 is 1.76 bits per heavy atom. The molecular weight excluding hydrogens is 427 g/mol. The highest BCUT2D eigenvalue weighted by atomic mass is 127. The molecule has 2 aromatic rings. The predicted octanol–water partition coefficient (Wildman–Crippen LogP) is 3.86. The van der Waals surface area contributed by atoms with Gasteiger partial charge in [-0.15, -0.1) is 0 Å². The van der Waals surface area contributed by atoms with E-state index in [1.165, 1.54) is 3.57 Å². The smallest absolute Gasteiger partial charge is 0.227 e. The first-order valence-corrected chi connectivity index (χ1v) is 9.64. The zero-order valence-electron chi connectivity index (χ0n) is 14.8. The van der Waals surface area contributed by atoms with Crippen molar-refractivity contribution in [3.05, 3.63) is 44.8 Å². The molecule has 6 heteroatoms. The van der Waals surface area contributed by atoms with E-state index in [1.807, 2.05) is 39.0 Å². The number of benzene rings is 1. The third kappa shape index (κ3) is 4.48. The van der Waals surface area contributed by atoms with Crippen LogP contribution < -0.4 is 10.2 Å². The van der Waals surface area contributed by atoms with Gasteiger partial charge in [-0.2, -0.15) is 0 Å². The minimum atomic E-state index is 0.0424. The van der Waals surface area contributed by atoms with Crippen molar-refractivity contribution in [3.63, 3.8) is 0 Å². The van der Waals surface area contributed by atoms with Gasteiger partial charge in [0.25, 0.3) is 0 Å². The fourth-order valence-electron chi connectivity index (χ4n) is 3.19. The topological polar surface area (TPSA) is 58.1 Å². The zero-order valence-corrected chi connectivity index (χ0v) is 17.0. The third-order valence-corrected chi connectivity index (χ3v) is 5.24. The summed E-state index contributed by atoms with van der Waals surface area (Å²) < 4.78 is 1.18. The molecule has 0 bridgehead atoms. The van der Waals surface area contributed by atoms with E-state index in [9.17, 15) is 4.79 Å². The average Bonchev–Trinajstić information content (AvgIpc) is 2.56. The molecule has 1 aromatic heterocycles. The second-order valence-electron chi connectivity index (χ2n) is 6.66. The summed E-state index contributed by atoms with van der Waals surface area (Å²) >= 11 is 2.28. The Hall–Kier alpha value is -1.70. The van der Waals surface area contributed by atoms with Gasteiger partial charge in [-0.3, -0.25) is 4.79 Å². The molecule has 1 aliphatic heterocycles. The maximum Gasteiger partial charge on any atom is 0.227 e. The van der Waals surface area contributed by atoms with Crippen LogP contribution in [0.5, 0.6) is 0 Å². The number of aromatic nitrogens is 2. The van der Waals surface area contributed by atoms with Gasteiger partial charge in [0.15, 0.2) is 0 Å². The van der Waals surface area contributed by atoms with Crippen molar-refractivity contribution < 1.29 is 4.79 Å². The SMILES string of the molecule is Cc1cc(C)nc(N2CCC(C(=O)Nc3ccc(I)cc3C)CC2)n1. The number of hydrogen-bond donors (Lipinski definition) is 1. The van der Waals surface area contributed by atoms with Crippen molar-refractivity contribution in [3.8, 4) is 0 Å². The van der Waals surface area contributed by atoms with Crippen molar-refractivity contribution in [2.24, 2.45) is 5.92 Å². The number of nitrogens with zero attached hydrogens (tertiary/aromatic N) is 3. The summed E-state index contributed by atoms with van der Waals surface area (Å²) in [6.07, 6.45) is 1.65. The summed E-state index contributed by atoms with van der Waals surface area (Å²) in [4.78, 5) is 23.8. The van der Waals surface area contributed by atoms with E-state index in [2.05, 4.69) is 48.8 Å². The van der Waals surface area contributed by atoms with Crippen LogP contribution in [-0.4, -0.2) is 29.0 Å². The Bertz CT molecular complexity index is 765. The van der Waals surface area contributed by atoms with E-state index in [1.54, 1.807) is 0 Å². The minimum absolute atomic E-state index is 0.0424. The van der Waals surface area contributed by atoms with E-state index in [0.29, 0.717) is 0 Å². The molecule has 0 radical (unpaired) electrons. The molecule has 0 unspecified atom stereocenters. The molecule has 5 nitrogen and oxygen atoms in total. The monoisotopic (exact) mass is 450 g/mol. The highest BCUT2D eigenvalue weighted by Gasteiger charge is 2.26. The number of hydrogen-bond acceptors (Lipinski definition) is 4. The van der Waals surface area contributed by atoms with Gasteiger partial charge < -0.3 is 10.2 Å². The summed E-state index contributed by atoms with van der Waals surface area (Å²) in [5.41, 5.74) is 3.97. The zero-order chi connectivity index (χ0) is 18.0. The van der Waals surface area contributed by atoms with E-state index >= 15 is 0 Å². The molecule has 132 valence electrons. The molecule has 3 rings (SSSR count). The summed E-state index contributed by atoms with van der Waals surface area (Å²) in [6.45, 7) is 7.63. The van der Waals surface area contributed by atoms with Gasteiger partial charge in [-0.25, -0.2) is 9.97 Å². The van der Waals surface area contributed by atoms with Crippen molar-refractivity contribution in [1.82, 2.24) is 9.97 Å². The lowest BCUT2D eigenvalue weighted by Gasteiger charge is -2.31. The molecule has 1 fully saturated rings. The van der Waals surface area contributed by atoms with Gasteiger partial charge in [0.1, 0.15) is 0 Å². The summed E-state index contributed by atoms with van der Waals surface area (Å²) in [7, 11) is 0. The average molecular weight is 450 g/mol. The molecule has 25 heavy (non-hydrogen) atoms. The molecule has 0 aliphatic carbocycles.